The van der Waals surface area contributed by atoms with Crippen molar-refractivity contribution in [3.05, 3.63) is 17.2 Å². The van der Waals surface area contributed by atoms with Gasteiger partial charge in [0, 0.05) is 26.2 Å². The molecule has 0 saturated carbocycles. The zero-order valence-electron chi connectivity index (χ0n) is 14.9. The van der Waals surface area contributed by atoms with E-state index in [1.54, 1.807) is 6.20 Å². The van der Waals surface area contributed by atoms with Gasteiger partial charge < -0.3 is 9.64 Å². The van der Waals surface area contributed by atoms with Crippen molar-refractivity contribution in [1.82, 2.24) is 29.6 Å². The monoisotopic (exact) mass is 375 g/mol. The third kappa shape index (κ3) is 4.11. The molecule has 9 heteroatoms. The Balaban J connectivity index is 1.53. The number of aromatic nitrogens is 5. The van der Waals surface area contributed by atoms with E-state index in [1.165, 1.54) is 25.7 Å². The van der Waals surface area contributed by atoms with E-state index in [4.69, 9.17) is 21.9 Å². The van der Waals surface area contributed by atoms with Gasteiger partial charge in [0.1, 0.15) is 11.5 Å². The maximum Gasteiger partial charge on any atom is 0.217 e. The Labute approximate surface area is 158 Å². The lowest BCUT2D eigenvalue weighted by atomic mass is 10.2. The van der Waals surface area contributed by atoms with Crippen LogP contribution in [0, 0.1) is 4.77 Å². The van der Waals surface area contributed by atoms with Gasteiger partial charge in [0.2, 0.25) is 4.77 Å². The number of morpholine rings is 1. The smallest absolute Gasteiger partial charge is 0.217 e. The van der Waals surface area contributed by atoms with Gasteiger partial charge in [-0.3, -0.25) is 15.0 Å². The van der Waals surface area contributed by atoms with Crippen molar-refractivity contribution in [1.29, 1.82) is 0 Å². The molecule has 26 heavy (non-hydrogen) atoms. The second-order valence-electron chi connectivity index (χ2n) is 6.82. The number of hydrogen-bond donors (Lipinski definition) is 1. The zero-order valence-corrected chi connectivity index (χ0v) is 15.7. The van der Waals surface area contributed by atoms with Crippen LogP contribution in [-0.4, -0.2) is 69.0 Å². The van der Waals surface area contributed by atoms with Gasteiger partial charge in [0.15, 0.2) is 5.82 Å². The normalized spacial score (nSPS) is 19.5. The first-order valence-electron chi connectivity index (χ1n) is 9.34. The average Bonchev–Trinajstić information content (AvgIpc) is 2.88. The molecule has 2 saturated heterocycles. The maximum atomic E-state index is 5.42. The Kier molecular flexibility index (Phi) is 5.57. The van der Waals surface area contributed by atoms with Gasteiger partial charge in [0.25, 0.3) is 0 Å². The molecule has 2 aliphatic heterocycles. The van der Waals surface area contributed by atoms with E-state index in [-0.39, 0.29) is 0 Å². The highest BCUT2D eigenvalue weighted by molar-refractivity contribution is 7.71. The number of aromatic amines is 1. The Hall–Kier alpha value is -1.84. The first kappa shape index (κ1) is 17.6. The summed E-state index contributed by atoms with van der Waals surface area (Å²) in [5, 5.41) is 3.29. The fourth-order valence-corrected chi connectivity index (χ4v) is 3.63. The molecule has 4 rings (SSSR count). The zero-order chi connectivity index (χ0) is 17.8. The maximum absolute atomic E-state index is 5.42. The van der Waals surface area contributed by atoms with Crippen molar-refractivity contribution in [2.45, 2.75) is 32.4 Å². The Morgan fingerprint density at radius 3 is 2.54 bits per heavy atom. The topological polar surface area (TPSA) is 75.1 Å². The molecule has 2 aliphatic rings. The first-order valence-corrected chi connectivity index (χ1v) is 9.75. The van der Waals surface area contributed by atoms with Crippen LogP contribution in [0.15, 0.2) is 12.4 Å². The fraction of sp³-hybridized carbons (Fsp3) is 0.647. The molecule has 0 bridgehead atoms. The van der Waals surface area contributed by atoms with Crippen LogP contribution in [0.25, 0.3) is 11.5 Å². The molecule has 8 nitrogen and oxygen atoms in total. The van der Waals surface area contributed by atoms with Crippen LogP contribution >= 0.6 is 12.2 Å². The largest absolute Gasteiger partial charge is 0.379 e. The van der Waals surface area contributed by atoms with Crippen LogP contribution in [0.2, 0.25) is 0 Å². The van der Waals surface area contributed by atoms with Crippen LogP contribution in [0.1, 0.15) is 25.7 Å². The molecule has 0 spiro atoms. The van der Waals surface area contributed by atoms with Gasteiger partial charge >= 0.3 is 0 Å². The van der Waals surface area contributed by atoms with Gasteiger partial charge in [0.05, 0.1) is 32.3 Å². The van der Waals surface area contributed by atoms with Crippen LogP contribution in [-0.2, 0) is 11.4 Å². The standard InChI is InChI=1S/C17H25N7OS/c26-17-20-16(21-24(17)13-22-7-9-25-10-8-22)14-11-18-12-15(19-14)23-5-3-1-2-4-6-23/h11-12H,1-10,13H2,(H,20,21,26). The summed E-state index contributed by atoms with van der Waals surface area (Å²) in [5.41, 5.74) is 0.735. The number of nitrogens with one attached hydrogen (secondary N) is 1. The molecular formula is C17H25N7OS. The minimum Gasteiger partial charge on any atom is -0.379 e. The van der Waals surface area contributed by atoms with E-state index >= 15 is 0 Å². The van der Waals surface area contributed by atoms with E-state index in [9.17, 15) is 0 Å². The summed E-state index contributed by atoms with van der Waals surface area (Å²) < 4.78 is 7.82. The van der Waals surface area contributed by atoms with Crippen molar-refractivity contribution < 1.29 is 4.74 Å². The number of H-pyrrole nitrogens is 1. The van der Waals surface area contributed by atoms with Crippen molar-refractivity contribution in [2.75, 3.05) is 44.3 Å². The lowest BCUT2D eigenvalue weighted by molar-refractivity contribution is 0.0210. The molecule has 0 amide bonds. The van der Waals surface area contributed by atoms with Crippen LogP contribution in [0.3, 0.4) is 0 Å². The van der Waals surface area contributed by atoms with Gasteiger partial charge in [-0.2, -0.15) is 4.98 Å². The predicted molar refractivity (Wildman–Crippen MR) is 102 cm³/mol. The molecule has 4 heterocycles. The summed E-state index contributed by atoms with van der Waals surface area (Å²) in [5.74, 6) is 1.60. The van der Waals surface area contributed by atoms with Crippen molar-refractivity contribution in [2.24, 2.45) is 0 Å². The number of anilines is 1. The Morgan fingerprint density at radius 2 is 1.77 bits per heavy atom. The van der Waals surface area contributed by atoms with Crippen LogP contribution in [0.4, 0.5) is 5.82 Å². The second-order valence-corrected chi connectivity index (χ2v) is 7.18. The average molecular weight is 376 g/mol. The van der Waals surface area contributed by atoms with Gasteiger partial charge in [-0.1, -0.05) is 12.8 Å². The van der Waals surface area contributed by atoms with E-state index in [0.29, 0.717) is 17.3 Å². The molecule has 2 fully saturated rings. The summed E-state index contributed by atoms with van der Waals surface area (Å²) in [7, 11) is 0. The quantitative estimate of drug-likeness (QED) is 0.820. The number of rotatable bonds is 4. The van der Waals surface area contributed by atoms with Crippen molar-refractivity contribution in [3.8, 4) is 11.5 Å². The molecule has 1 N–H and O–H groups in total. The summed E-state index contributed by atoms with van der Waals surface area (Å²) >= 11 is 5.42. The summed E-state index contributed by atoms with van der Waals surface area (Å²) in [6, 6.07) is 0. The van der Waals surface area contributed by atoms with E-state index < -0.39 is 0 Å². The molecular weight excluding hydrogens is 350 g/mol. The van der Waals surface area contributed by atoms with Gasteiger partial charge in [-0.05, 0) is 25.1 Å². The minimum absolute atomic E-state index is 0.536. The summed E-state index contributed by atoms with van der Waals surface area (Å²) in [4.78, 5) is 18.3. The highest BCUT2D eigenvalue weighted by atomic mass is 32.1. The first-order chi connectivity index (χ1) is 12.8. The Morgan fingerprint density at radius 1 is 1.00 bits per heavy atom. The molecule has 2 aromatic rings. The van der Waals surface area contributed by atoms with E-state index in [1.807, 2.05) is 10.9 Å². The Bertz CT molecular complexity index is 775. The molecule has 2 aromatic heterocycles. The van der Waals surface area contributed by atoms with E-state index in [2.05, 4.69) is 24.9 Å². The molecule has 0 unspecified atom stereocenters. The minimum atomic E-state index is 0.536. The molecule has 140 valence electrons. The second kappa shape index (κ2) is 8.24. The highest BCUT2D eigenvalue weighted by Gasteiger charge is 2.16. The van der Waals surface area contributed by atoms with Crippen molar-refractivity contribution >= 4 is 18.0 Å². The molecule has 0 aromatic carbocycles. The molecule has 0 atom stereocenters. The number of ether oxygens (including phenoxy) is 1. The predicted octanol–water partition coefficient (Wildman–Crippen LogP) is 2.07. The lowest BCUT2D eigenvalue weighted by Gasteiger charge is -2.26. The summed E-state index contributed by atoms with van der Waals surface area (Å²) in [6.45, 7) is 6.10. The highest BCUT2D eigenvalue weighted by Crippen LogP contribution is 2.20. The third-order valence-corrected chi connectivity index (χ3v) is 5.23. The number of nitrogens with zero attached hydrogens (tertiary/aromatic N) is 6. The van der Waals surface area contributed by atoms with Crippen LogP contribution < -0.4 is 4.90 Å². The summed E-state index contributed by atoms with van der Waals surface area (Å²) in [6.07, 6.45) is 8.60. The molecule has 0 aliphatic carbocycles. The van der Waals surface area contributed by atoms with E-state index in [0.717, 1.165) is 50.9 Å². The van der Waals surface area contributed by atoms with Gasteiger partial charge in [-0.25, -0.2) is 9.67 Å². The third-order valence-electron chi connectivity index (χ3n) is 4.92. The molecule has 0 radical (unpaired) electrons. The van der Waals surface area contributed by atoms with Crippen LogP contribution in [0.5, 0.6) is 0 Å². The lowest BCUT2D eigenvalue weighted by Crippen LogP contribution is -2.37. The number of hydrogen-bond acceptors (Lipinski definition) is 7. The SMILES string of the molecule is S=c1nc(-c2cncc(N3CCCCCC3)n2)[nH]n1CN1CCOCC1. The fourth-order valence-electron chi connectivity index (χ4n) is 3.43. The van der Waals surface area contributed by atoms with Gasteiger partial charge in [-0.15, -0.1) is 0 Å². The van der Waals surface area contributed by atoms with Crippen molar-refractivity contribution in [3.63, 3.8) is 0 Å².